The Morgan fingerprint density at radius 3 is 2.22 bits per heavy atom. The van der Waals surface area contributed by atoms with Crippen LogP contribution in [-0.2, 0) is 4.74 Å². The van der Waals surface area contributed by atoms with Crippen LogP contribution < -0.4 is 14.7 Å². The lowest BCUT2D eigenvalue weighted by molar-refractivity contribution is -0.384. The second kappa shape index (κ2) is 7.70. The fraction of sp³-hybridized carbons (Fsp3) is 0.471. The molecule has 2 aliphatic heterocycles. The maximum atomic E-state index is 11.2. The summed E-state index contributed by atoms with van der Waals surface area (Å²) in [4.78, 5) is 30.2. The average Bonchev–Trinajstić information content (AvgIpc) is 2.74. The van der Waals surface area contributed by atoms with Gasteiger partial charge in [0.1, 0.15) is 18.0 Å². The van der Waals surface area contributed by atoms with Crippen LogP contribution in [0.3, 0.4) is 0 Å². The maximum absolute atomic E-state index is 11.2. The van der Waals surface area contributed by atoms with Crippen molar-refractivity contribution < 1.29 is 9.66 Å². The Morgan fingerprint density at radius 2 is 1.56 bits per heavy atom. The van der Waals surface area contributed by atoms with Crippen molar-refractivity contribution in [3.8, 4) is 0 Å². The molecule has 4 heterocycles. The van der Waals surface area contributed by atoms with E-state index in [-0.39, 0.29) is 10.6 Å². The molecule has 10 heteroatoms. The van der Waals surface area contributed by atoms with Crippen LogP contribution in [0.2, 0.25) is 0 Å². The molecular formula is C17H21N7O3. The predicted molar refractivity (Wildman–Crippen MR) is 100 cm³/mol. The van der Waals surface area contributed by atoms with Gasteiger partial charge < -0.3 is 19.4 Å². The monoisotopic (exact) mass is 371 g/mol. The zero-order valence-corrected chi connectivity index (χ0v) is 14.9. The van der Waals surface area contributed by atoms with Crippen molar-refractivity contribution in [3.63, 3.8) is 0 Å². The molecule has 0 saturated carbocycles. The minimum atomic E-state index is -0.381. The third kappa shape index (κ3) is 3.75. The first-order chi connectivity index (χ1) is 13.2. The third-order valence-corrected chi connectivity index (χ3v) is 4.84. The number of rotatable bonds is 4. The van der Waals surface area contributed by atoms with Crippen LogP contribution in [0.15, 0.2) is 30.7 Å². The summed E-state index contributed by atoms with van der Waals surface area (Å²) in [6.07, 6.45) is 3.18. The topological polar surface area (TPSA) is 101 Å². The van der Waals surface area contributed by atoms with Gasteiger partial charge in [0, 0.05) is 57.6 Å². The molecule has 4 rings (SSSR count). The molecule has 0 radical (unpaired) electrons. The molecule has 2 fully saturated rings. The fourth-order valence-electron chi connectivity index (χ4n) is 3.40. The largest absolute Gasteiger partial charge is 0.378 e. The van der Waals surface area contributed by atoms with Crippen LogP contribution in [0, 0.1) is 10.1 Å². The van der Waals surface area contributed by atoms with E-state index < -0.39 is 0 Å². The van der Waals surface area contributed by atoms with Crippen molar-refractivity contribution in [1.29, 1.82) is 0 Å². The molecule has 0 unspecified atom stereocenters. The Hall–Kier alpha value is -3.01. The summed E-state index contributed by atoms with van der Waals surface area (Å²) in [5, 5.41) is 11.2. The number of pyridine rings is 1. The molecule has 0 aromatic carbocycles. The van der Waals surface area contributed by atoms with Crippen molar-refractivity contribution in [1.82, 2.24) is 15.0 Å². The zero-order valence-electron chi connectivity index (χ0n) is 14.9. The molecule has 2 aliphatic rings. The fourth-order valence-corrected chi connectivity index (χ4v) is 3.40. The number of morpholine rings is 1. The smallest absolute Gasteiger partial charge is 0.311 e. The highest BCUT2D eigenvalue weighted by Crippen LogP contribution is 2.27. The van der Waals surface area contributed by atoms with E-state index in [9.17, 15) is 10.1 Å². The first kappa shape index (κ1) is 17.4. The number of anilines is 3. The average molecular weight is 371 g/mol. The Balaban J connectivity index is 1.45. The lowest BCUT2D eigenvalue weighted by atomic mass is 10.2. The second-order valence-corrected chi connectivity index (χ2v) is 6.41. The standard InChI is InChI=1S/C17H21N7O3/c25-24(26)14-2-1-3-18-17(14)23-6-4-21(5-7-23)15-12-16(20-13-19-15)22-8-10-27-11-9-22/h1-3,12-13H,4-11H2. The Bertz CT molecular complexity index is 805. The molecule has 10 nitrogen and oxygen atoms in total. The van der Waals surface area contributed by atoms with E-state index >= 15 is 0 Å². The van der Waals surface area contributed by atoms with Crippen LogP contribution in [0.25, 0.3) is 0 Å². The van der Waals surface area contributed by atoms with Gasteiger partial charge in [0.25, 0.3) is 0 Å². The number of nitrogens with zero attached hydrogens (tertiary/aromatic N) is 7. The van der Waals surface area contributed by atoms with Crippen LogP contribution in [0.5, 0.6) is 0 Å². The van der Waals surface area contributed by atoms with Gasteiger partial charge >= 0.3 is 5.69 Å². The molecule has 0 bridgehead atoms. The highest BCUT2D eigenvalue weighted by molar-refractivity contribution is 5.59. The maximum Gasteiger partial charge on any atom is 0.311 e. The van der Waals surface area contributed by atoms with E-state index in [0.29, 0.717) is 45.2 Å². The van der Waals surface area contributed by atoms with Gasteiger partial charge in [0.2, 0.25) is 5.82 Å². The molecule has 0 N–H and O–H groups in total. The molecule has 2 saturated heterocycles. The van der Waals surface area contributed by atoms with Gasteiger partial charge in [-0.1, -0.05) is 0 Å². The van der Waals surface area contributed by atoms with Gasteiger partial charge in [-0.05, 0) is 6.07 Å². The highest BCUT2D eigenvalue weighted by Gasteiger charge is 2.25. The van der Waals surface area contributed by atoms with Gasteiger partial charge in [0.05, 0.1) is 18.1 Å². The molecule has 0 atom stereocenters. The lowest BCUT2D eigenvalue weighted by Crippen LogP contribution is -2.47. The molecule has 2 aromatic rings. The minimum Gasteiger partial charge on any atom is -0.378 e. The Labute approximate surface area is 156 Å². The van der Waals surface area contributed by atoms with Gasteiger partial charge in [-0.2, -0.15) is 0 Å². The summed E-state index contributed by atoms with van der Waals surface area (Å²) in [6, 6.07) is 5.09. The van der Waals surface area contributed by atoms with Crippen molar-refractivity contribution in [3.05, 3.63) is 40.8 Å². The van der Waals surface area contributed by atoms with Crippen molar-refractivity contribution >= 4 is 23.1 Å². The summed E-state index contributed by atoms with van der Waals surface area (Å²) in [5.41, 5.74) is 0.0441. The van der Waals surface area contributed by atoms with Crippen molar-refractivity contribution in [2.24, 2.45) is 0 Å². The molecular weight excluding hydrogens is 350 g/mol. The predicted octanol–water partition coefficient (Wildman–Crippen LogP) is 0.943. The van der Waals surface area contributed by atoms with E-state index in [1.54, 1.807) is 18.6 Å². The number of hydrogen-bond acceptors (Lipinski definition) is 9. The molecule has 27 heavy (non-hydrogen) atoms. The first-order valence-corrected chi connectivity index (χ1v) is 8.96. The zero-order chi connectivity index (χ0) is 18.6. The highest BCUT2D eigenvalue weighted by atomic mass is 16.6. The molecule has 142 valence electrons. The minimum absolute atomic E-state index is 0.0441. The summed E-state index contributed by atoms with van der Waals surface area (Å²) in [7, 11) is 0. The number of aromatic nitrogens is 3. The van der Waals surface area contributed by atoms with Crippen molar-refractivity contribution in [2.45, 2.75) is 0 Å². The number of nitro groups is 1. The van der Waals surface area contributed by atoms with Gasteiger partial charge in [0.15, 0.2) is 0 Å². The van der Waals surface area contributed by atoms with Gasteiger partial charge in [-0.3, -0.25) is 10.1 Å². The summed E-state index contributed by atoms with van der Waals surface area (Å²) in [6.45, 7) is 5.80. The van der Waals surface area contributed by atoms with Crippen LogP contribution in [0.4, 0.5) is 23.1 Å². The second-order valence-electron chi connectivity index (χ2n) is 6.41. The van der Waals surface area contributed by atoms with E-state index in [4.69, 9.17) is 4.74 Å². The van der Waals surface area contributed by atoms with Crippen LogP contribution in [0.1, 0.15) is 0 Å². The Morgan fingerprint density at radius 1 is 0.926 bits per heavy atom. The summed E-state index contributed by atoms with van der Waals surface area (Å²) >= 11 is 0. The summed E-state index contributed by atoms with van der Waals surface area (Å²) in [5.74, 6) is 2.21. The Kier molecular flexibility index (Phi) is 4.97. The molecule has 0 aliphatic carbocycles. The number of ether oxygens (including phenoxy) is 1. The third-order valence-electron chi connectivity index (χ3n) is 4.84. The quantitative estimate of drug-likeness (QED) is 0.574. The van der Waals surface area contributed by atoms with Crippen molar-refractivity contribution in [2.75, 3.05) is 67.2 Å². The van der Waals surface area contributed by atoms with E-state index in [1.807, 2.05) is 11.0 Å². The lowest BCUT2D eigenvalue weighted by Gasteiger charge is -2.36. The van der Waals surface area contributed by atoms with Crippen LogP contribution >= 0.6 is 0 Å². The SMILES string of the molecule is O=[N+]([O-])c1cccnc1N1CCN(c2cc(N3CCOCC3)ncn2)CC1. The number of hydrogen-bond donors (Lipinski definition) is 0. The molecule has 2 aromatic heterocycles. The molecule has 0 amide bonds. The molecule has 0 spiro atoms. The van der Waals surface area contributed by atoms with Gasteiger partial charge in [-0.15, -0.1) is 0 Å². The van der Waals surface area contributed by atoms with Gasteiger partial charge in [-0.25, -0.2) is 15.0 Å². The van der Waals surface area contributed by atoms with Crippen LogP contribution in [-0.4, -0.2) is 72.4 Å². The number of piperazine rings is 1. The summed E-state index contributed by atoms with van der Waals surface area (Å²) < 4.78 is 5.39. The first-order valence-electron chi connectivity index (χ1n) is 8.96. The van der Waals surface area contributed by atoms with E-state index in [0.717, 1.165) is 24.7 Å². The van der Waals surface area contributed by atoms with E-state index in [2.05, 4.69) is 24.8 Å². The van der Waals surface area contributed by atoms with E-state index in [1.165, 1.54) is 6.07 Å². The normalized spacial score (nSPS) is 17.9.